The van der Waals surface area contributed by atoms with E-state index in [1.54, 1.807) is 12.1 Å². The molecule has 1 aliphatic rings. The summed E-state index contributed by atoms with van der Waals surface area (Å²) in [6.07, 6.45) is 1.08. The van der Waals surface area contributed by atoms with Crippen molar-refractivity contribution in [2.45, 2.75) is 19.4 Å². The van der Waals surface area contributed by atoms with Crippen molar-refractivity contribution in [3.8, 4) is 0 Å². The average Bonchev–Trinajstić information content (AvgIpc) is 2.52. The molecule has 2 aromatic carbocycles. The van der Waals surface area contributed by atoms with Gasteiger partial charge in [-0.05, 0) is 49.2 Å². The number of hydrogen-bond donors (Lipinski definition) is 1. The van der Waals surface area contributed by atoms with E-state index in [1.165, 1.54) is 17.2 Å². The molecule has 1 aliphatic heterocycles. The summed E-state index contributed by atoms with van der Waals surface area (Å²) in [6.45, 7) is 4.84. The molecule has 1 atom stereocenters. The second kappa shape index (κ2) is 6.27. The van der Waals surface area contributed by atoms with E-state index < -0.39 is 0 Å². The van der Waals surface area contributed by atoms with Gasteiger partial charge in [0.15, 0.2) is 0 Å². The van der Waals surface area contributed by atoms with Gasteiger partial charge in [-0.15, -0.1) is 0 Å². The van der Waals surface area contributed by atoms with Gasteiger partial charge in [0.25, 0.3) is 0 Å². The molecule has 1 N–H and O–H groups in total. The van der Waals surface area contributed by atoms with Gasteiger partial charge in [0.1, 0.15) is 5.82 Å². The van der Waals surface area contributed by atoms with E-state index in [2.05, 4.69) is 41.4 Å². The van der Waals surface area contributed by atoms with Gasteiger partial charge < -0.3 is 10.2 Å². The first-order valence-electron chi connectivity index (χ1n) is 7.59. The van der Waals surface area contributed by atoms with Crippen LogP contribution in [0.4, 0.5) is 10.1 Å². The SMILES string of the molecule is CCN(CC1NCCc2ccccc21)c1cccc(F)c1. The minimum atomic E-state index is -0.178. The first kappa shape index (κ1) is 14.1. The number of hydrogen-bond acceptors (Lipinski definition) is 2. The molecule has 3 heteroatoms. The lowest BCUT2D eigenvalue weighted by Crippen LogP contribution is -2.39. The Balaban J connectivity index is 1.82. The fourth-order valence-corrected chi connectivity index (χ4v) is 3.07. The van der Waals surface area contributed by atoms with Crippen molar-refractivity contribution in [3.05, 3.63) is 65.5 Å². The van der Waals surface area contributed by atoms with Gasteiger partial charge in [-0.25, -0.2) is 4.39 Å². The highest BCUT2D eigenvalue weighted by Gasteiger charge is 2.21. The van der Waals surface area contributed by atoms with E-state index in [-0.39, 0.29) is 5.82 Å². The number of nitrogens with zero attached hydrogens (tertiary/aromatic N) is 1. The van der Waals surface area contributed by atoms with Crippen LogP contribution in [0.25, 0.3) is 0 Å². The zero-order valence-electron chi connectivity index (χ0n) is 12.3. The molecule has 110 valence electrons. The van der Waals surface area contributed by atoms with Crippen molar-refractivity contribution in [2.75, 3.05) is 24.5 Å². The van der Waals surface area contributed by atoms with Crippen LogP contribution in [0.15, 0.2) is 48.5 Å². The monoisotopic (exact) mass is 284 g/mol. The zero-order valence-corrected chi connectivity index (χ0v) is 12.3. The number of nitrogens with one attached hydrogen (secondary N) is 1. The molecule has 21 heavy (non-hydrogen) atoms. The fraction of sp³-hybridized carbons (Fsp3) is 0.333. The first-order valence-corrected chi connectivity index (χ1v) is 7.59. The van der Waals surface area contributed by atoms with Crippen molar-refractivity contribution in [3.63, 3.8) is 0 Å². The van der Waals surface area contributed by atoms with Crippen LogP contribution in [0.2, 0.25) is 0 Å². The van der Waals surface area contributed by atoms with Gasteiger partial charge >= 0.3 is 0 Å². The average molecular weight is 284 g/mol. The van der Waals surface area contributed by atoms with E-state index in [1.807, 2.05) is 6.07 Å². The van der Waals surface area contributed by atoms with Crippen LogP contribution in [0, 0.1) is 5.82 Å². The molecule has 2 aromatic rings. The predicted octanol–water partition coefficient (Wildman–Crippen LogP) is 3.54. The van der Waals surface area contributed by atoms with Gasteiger partial charge in [0.2, 0.25) is 0 Å². The Morgan fingerprint density at radius 2 is 2.05 bits per heavy atom. The third kappa shape index (κ3) is 3.08. The van der Waals surface area contributed by atoms with Crippen LogP contribution in [0.1, 0.15) is 24.1 Å². The summed E-state index contributed by atoms with van der Waals surface area (Å²) in [7, 11) is 0. The Bertz CT molecular complexity index is 612. The maximum Gasteiger partial charge on any atom is 0.125 e. The molecule has 1 unspecified atom stereocenters. The van der Waals surface area contributed by atoms with Crippen molar-refractivity contribution >= 4 is 5.69 Å². The summed E-state index contributed by atoms with van der Waals surface area (Å²) >= 11 is 0. The number of likely N-dealkylation sites (N-methyl/N-ethyl adjacent to an activating group) is 1. The largest absolute Gasteiger partial charge is 0.370 e. The topological polar surface area (TPSA) is 15.3 Å². The Morgan fingerprint density at radius 1 is 1.19 bits per heavy atom. The molecular formula is C18H21FN2. The number of rotatable bonds is 4. The maximum absolute atomic E-state index is 13.4. The van der Waals surface area contributed by atoms with E-state index in [0.717, 1.165) is 31.7 Å². The lowest BCUT2D eigenvalue weighted by molar-refractivity contribution is 0.498. The zero-order chi connectivity index (χ0) is 14.7. The molecule has 0 radical (unpaired) electrons. The standard InChI is InChI=1S/C18H21FN2/c1-2-21(16-8-5-7-15(19)12-16)13-18-17-9-4-3-6-14(17)10-11-20-18/h3-9,12,18,20H,2,10-11,13H2,1H3. The summed E-state index contributed by atoms with van der Waals surface area (Å²) in [5.41, 5.74) is 3.75. The van der Waals surface area contributed by atoms with E-state index in [4.69, 9.17) is 0 Å². The third-order valence-corrected chi connectivity index (χ3v) is 4.17. The van der Waals surface area contributed by atoms with E-state index in [0.29, 0.717) is 6.04 Å². The molecule has 0 spiro atoms. The van der Waals surface area contributed by atoms with Crippen molar-refractivity contribution < 1.29 is 4.39 Å². The normalized spacial score (nSPS) is 17.3. The van der Waals surface area contributed by atoms with E-state index in [9.17, 15) is 4.39 Å². The van der Waals surface area contributed by atoms with Gasteiger partial charge in [0.05, 0.1) is 6.04 Å². The van der Waals surface area contributed by atoms with Crippen LogP contribution in [-0.4, -0.2) is 19.6 Å². The summed E-state index contributed by atoms with van der Waals surface area (Å²) in [5.74, 6) is -0.178. The first-order chi connectivity index (χ1) is 10.3. The van der Waals surface area contributed by atoms with Crippen LogP contribution >= 0.6 is 0 Å². The van der Waals surface area contributed by atoms with Gasteiger partial charge in [-0.3, -0.25) is 0 Å². The molecule has 0 fully saturated rings. The molecule has 0 saturated carbocycles. The van der Waals surface area contributed by atoms with Gasteiger partial charge in [0, 0.05) is 18.8 Å². The lowest BCUT2D eigenvalue weighted by Gasteiger charge is -2.33. The summed E-state index contributed by atoms with van der Waals surface area (Å²) in [5, 5.41) is 3.59. The molecule has 1 heterocycles. The van der Waals surface area contributed by atoms with Crippen LogP contribution in [0.3, 0.4) is 0 Å². The van der Waals surface area contributed by atoms with Crippen LogP contribution < -0.4 is 10.2 Å². The second-order valence-corrected chi connectivity index (χ2v) is 5.47. The number of benzene rings is 2. The number of fused-ring (bicyclic) bond motifs is 1. The molecule has 0 saturated heterocycles. The van der Waals surface area contributed by atoms with E-state index >= 15 is 0 Å². The summed E-state index contributed by atoms with van der Waals surface area (Å²) in [4.78, 5) is 2.23. The Labute approximate surface area is 125 Å². The molecule has 3 rings (SSSR count). The lowest BCUT2D eigenvalue weighted by atomic mass is 9.94. The van der Waals surface area contributed by atoms with Gasteiger partial charge in [-0.2, -0.15) is 0 Å². The smallest absolute Gasteiger partial charge is 0.125 e. The summed E-state index contributed by atoms with van der Waals surface area (Å²) < 4.78 is 13.4. The van der Waals surface area contributed by atoms with Crippen LogP contribution in [0.5, 0.6) is 0 Å². The van der Waals surface area contributed by atoms with Crippen molar-refractivity contribution in [1.82, 2.24) is 5.32 Å². The third-order valence-electron chi connectivity index (χ3n) is 4.17. The Kier molecular flexibility index (Phi) is 4.20. The molecule has 0 aromatic heterocycles. The Hall–Kier alpha value is -1.87. The predicted molar refractivity (Wildman–Crippen MR) is 85.2 cm³/mol. The highest BCUT2D eigenvalue weighted by molar-refractivity contribution is 5.47. The minimum absolute atomic E-state index is 0.178. The van der Waals surface area contributed by atoms with Gasteiger partial charge in [-0.1, -0.05) is 30.3 Å². The van der Waals surface area contributed by atoms with Crippen LogP contribution in [-0.2, 0) is 6.42 Å². The molecular weight excluding hydrogens is 263 g/mol. The highest BCUT2D eigenvalue weighted by atomic mass is 19.1. The fourth-order valence-electron chi connectivity index (χ4n) is 3.07. The quantitative estimate of drug-likeness (QED) is 0.924. The summed E-state index contributed by atoms with van der Waals surface area (Å²) in [6, 6.07) is 15.8. The van der Waals surface area contributed by atoms with Crippen molar-refractivity contribution in [2.24, 2.45) is 0 Å². The highest BCUT2D eigenvalue weighted by Crippen LogP contribution is 2.25. The molecule has 2 nitrogen and oxygen atoms in total. The second-order valence-electron chi connectivity index (χ2n) is 5.47. The molecule has 0 aliphatic carbocycles. The maximum atomic E-state index is 13.4. The minimum Gasteiger partial charge on any atom is -0.370 e. The molecule has 0 amide bonds. The Morgan fingerprint density at radius 3 is 2.86 bits per heavy atom. The number of anilines is 1. The van der Waals surface area contributed by atoms with Crippen molar-refractivity contribution in [1.29, 1.82) is 0 Å². The number of halogens is 1. The molecule has 0 bridgehead atoms.